The van der Waals surface area contributed by atoms with Gasteiger partial charge in [0, 0.05) is 0 Å². The minimum Gasteiger partial charge on any atom is -0.479 e. The second-order valence-electron chi connectivity index (χ2n) is 3.52. The van der Waals surface area contributed by atoms with E-state index in [1.807, 2.05) is 13.0 Å². The lowest BCUT2D eigenvalue weighted by atomic mass is 10.2. The predicted molar refractivity (Wildman–Crippen MR) is 60.0 cm³/mol. The van der Waals surface area contributed by atoms with Crippen LogP contribution in [0.2, 0.25) is 0 Å². The quantitative estimate of drug-likeness (QED) is 0.644. The summed E-state index contributed by atoms with van der Waals surface area (Å²) in [6.45, 7) is 3.46. The molecule has 5 heteroatoms. The van der Waals surface area contributed by atoms with E-state index in [-0.39, 0.29) is 6.42 Å². The van der Waals surface area contributed by atoms with E-state index >= 15 is 0 Å². The molecule has 1 N–H and O–H groups in total. The molecule has 0 aliphatic rings. The molecule has 0 bridgehead atoms. The van der Waals surface area contributed by atoms with Gasteiger partial charge >= 0.3 is 12.1 Å². The van der Waals surface area contributed by atoms with Gasteiger partial charge < -0.3 is 14.6 Å². The Morgan fingerprint density at radius 2 is 2.12 bits per heavy atom. The van der Waals surface area contributed by atoms with E-state index < -0.39 is 18.2 Å². The molecular formula is C12H14O5. The zero-order chi connectivity index (χ0) is 12.8. The van der Waals surface area contributed by atoms with E-state index in [1.165, 1.54) is 0 Å². The lowest BCUT2D eigenvalue weighted by molar-refractivity contribution is -0.147. The van der Waals surface area contributed by atoms with E-state index in [9.17, 15) is 9.59 Å². The van der Waals surface area contributed by atoms with Crippen LogP contribution in [0.5, 0.6) is 5.75 Å². The highest BCUT2D eigenvalue weighted by Gasteiger charge is 2.21. The number of carboxylic acids is 1. The number of carbonyl (C=O) groups is 2. The minimum absolute atomic E-state index is 0.193. The molecule has 0 aliphatic heterocycles. The third-order valence-electron chi connectivity index (χ3n) is 2.08. The molecule has 0 aliphatic carbocycles. The van der Waals surface area contributed by atoms with Crippen molar-refractivity contribution in [3.8, 4) is 5.75 Å². The number of benzene rings is 1. The first kappa shape index (κ1) is 13.0. The monoisotopic (exact) mass is 238 g/mol. The fourth-order valence-electron chi connectivity index (χ4n) is 1.22. The normalized spacial score (nSPS) is 11.6. The Labute approximate surface area is 99.0 Å². The SMILES string of the molecule is CCC(OC(=O)Oc1cccc(C)c1)C(=O)O. The number of ether oxygens (including phenoxy) is 2. The first-order valence-electron chi connectivity index (χ1n) is 5.21. The fraction of sp³-hybridized carbons (Fsp3) is 0.333. The number of aryl methyl sites for hydroxylation is 1. The molecule has 5 nitrogen and oxygen atoms in total. The average molecular weight is 238 g/mol. The van der Waals surface area contributed by atoms with Crippen LogP contribution in [0.1, 0.15) is 18.9 Å². The molecule has 1 aromatic rings. The first-order chi connectivity index (χ1) is 8.02. The van der Waals surface area contributed by atoms with Gasteiger partial charge in [0.25, 0.3) is 0 Å². The topological polar surface area (TPSA) is 72.8 Å². The summed E-state index contributed by atoms with van der Waals surface area (Å²) in [5.74, 6) is -0.857. The number of hydrogen-bond donors (Lipinski definition) is 1. The van der Waals surface area contributed by atoms with Crippen LogP contribution in [-0.4, -0.2) is 23.3 Å². The third kappa shape index (κ3) is 4.14. The highest BCUT2D eigenvalue weighted by atomic mass is 16.7. The summed E-state index contributed by atoms with van der Waals surface area (Å²) < 4.78 is 9.50. The molecule has 1 aromatic carbocycles. The highest BCUT2D eigenvalue weighted by Crippen LogP contribution is 2.13. The van der Waals surface area contributed by atoms with Crippen molar-refractivity contribution in [3.63, 3.8) is 0 Å². The van der Waals surface area contributed by atoms with Crippen LogP contribution in [-0.2, 0) is 9.53 Å². The van der Waals surface area contributed by atoms with Crippen molar-refractivity contribution >= 4 is 12.1 Å². The highest BCUT2D eigenvalue weighted by molar-refractivity contribution is 5.76. The van der Waals surface area contributed by atoms with Gasteiger partial charge in [0.05, 0.1) is 0 Å². The van der Waals surface area contributed by atoms with Crippen molar-refractivity contribution in [1.82, 2.24) is 0 Å². The van der Waals surface area contributed by atoms with E-state index in [1.54, 1.807) is 25.1 Å². The third-order valence-corrected chi connectivity index (χ3v) is 2.08. The van der Waals surface area contributed by atoms with E-state index in [4.69, 9.17) is 9.84 Å². The molecule has 0 spiro atoms. The molecule has 0 fully saturated rings. The summed E-state index contributed by atoms with van der Waals surface area (Å²) >= 11 is 0. The van der Waals surface area contributed by atoms with Crippen LogP contribution >= 0.6 is 0 Å². The van der Waals surface area contributed by atoms with Crippen LogP contribution in [0, 0.1) is 6.92 Å². The smallest absolute Gasteiger partial charge is 0.479 e. The number of carboxylic acid groups (broad SMARTS) is 1. The Bertz CT molecular complexity index is 413. The molecule has 0 heterocycles. The number of rotatable bonds is 4. The van der Waals surface area contributed by atoms with Gasteiger partial charge in [-0.1, -0.05) is 19.1 Å². The molecule has 92 valence electrons. The summed E-state index contributed by atoms with van der Waals surface area (Å²) in [5, 5.41) is 8.70. The van der Waals surface area contributed by atoms with Gasteiger partial charge in [-0.25, -0.2) is 9.59 Å². The number of hydrogen-bond acceptors (Lipinski definition) is 4. The fourth-order valence-corrected chi connectivity index (χ4v) is 1.22. The second kappa shape index (κ2) is 5.89. The molecule has 1 rings (SSSR count). The lowest BCUT2D eigenvalue weighted by Crippen LogP contribution is -2.27. The standard InChI is InChI=1S/C12H14O5/c1-3-10(11(13)14)17-12(15)16-9-6-4-5-8(2)7-9/h4-7,10H,3H2,1-2H3,(H,13,14). The van der Waals surface area contributed by atoms with Crippen molar-refractivity contribution in [2.75, 3.05) is 0 Å². The molecule has 1 atom stereocenters. The largest absolute Gasteiger partial charge is 0.514 e. The van der Waals surface area contributed by atoms with Gasteiger partial charge in [0.1, 0.15) is 5.75 Å². The maximum absolute atomic E-state index is 11.3. The lowest BCUT2D eigenvalue weighted by Gasteiger charge is -2.11. The number of aliphatic carboxylic acids is 1. The molecule has 0 radical (unpaired) electrons. The van der Waals surface area contributed by atoms with Gasteiger partial charge in [-0.3, -0.25) is 0 Å². The van der Waals surface area contributed by atoms with Crippen molar-refractivity contribution in [1.29, 1.82) is 0 Å². The Morgan fingerprint density at radius 1 is 1.41 bits per heavy atom. The van der Waals surface area contributed by atoms with E-state index in [2.05, 4.69) is 4.74 Å². The Kier molecular flexibility index (Phi) is 4.51. The van der Waals surface area contributed by atoms with Crippen molar-refractivity contribution in [3.05, 3.63) is 29.8 Å². The van der Waals surface area contributed by atoms with Crippen LogP contribution in [0.25, 0.3) is 0 Å². The minimum atomic E-state index is -1.19. The molecule has 0 amide bonds. The zero-order valence-electron chi connectivity index (χ0n) is 9.67. The Morgan fingerprint density at radius 3 is 2.65 bits per heavy atom. The van der Waals surface area contributed by atoms with Gasteiger partial charge in [-0.05, 0) is 31.0 Å². The summed E-state index contributed by atoms with van der Waals surface area (Å²) in [5.41, 5.74) is 0.931. The molecule has 0 aromatic heterocycles. The molecular weight excluding hydrogens is 224 g/mol. The molecule has 1 unspecified atom stereocenters. The molecule has 0 saturated heterocycles. The average Bonchev–Trinajstić information content (AvgIpc) is 2.25. The zero-order valence-corrected chi connectivity index (χ0v) is 9.67. The second-order valence-corrected chi connectivity index (χ2v) is 3.52. The van der Waals surface area contributed by atoms with Gasteiger partial charge in [0.15, 0.2) is 0 Å². The van der Waals surface area contributed by atoms with Gasteiger partial charge in [-0.15, -0.1) is 0 Å². The van der Waals surface area contributed by atoms with Crippen LogP contribution in [0.4, 0.5) is 4.79 Å². The first-order valence-corrected chi connectivity index (χ1v) is 5.21. The van der Waals surface area contributed by atoms with Crippen molar-refractivity contribution < 1.29 is 24.2 Å². The van der Waals surface area contributed by atoms with Gasteiger partial charge in [0.2, 0.25) is 6.10 Å². The van der Waals surface area contributed by atoms with E-state index in [0.717, 1.165) is 5.56 Å². The molecule has 0 saturated carbocycles. The molecule has 17 heavy (non-hydrogen) atoms. The summed E-state index contributed by atoms with van der Waals surface area (Å²) in [7, 11) is 0. The maximum atomic E-state index is 11.3. The van der Waals surface area contributed by atoms with E-state index in [0.29, 0.717) is 5.75 Å². The van der Waals surface area contributed by atoms with Crippen molar-refractivity contribution in [2.45, 2.75) is 26.4 Å². The summed E-state index contributed by atoms with van der Waals surface area (Å²) in [4.78, 5) is 21.9. The maximum Gasteiger partial charge on any atom is 0.514 e. The summed E-state index contributed by atoms with van der Waals surface area (Å²) in [6, 6.07) is 6.83. The Hall–Kier alpha value is -2.04. The summed E-state index contributed by atoms with van der Waals surface area (Å²) in [6.07, 6.45) is -1.99. The van der Waals surface area contributed by atoms with Crippen molar-refractivity contribution in [2.24, 2.45) is 0 Å². The Balaban J connectivity index is 2.58. The van der Waals surface area contributed by atoms with Crippen LogP contribution in [0.15, 0.2) is 24.3 Å². The van der Waals surface area contributed by atoms with Crippen LogP contribution < -0.4 is 4.74 Å². The van der Waals surface area contributed by atoms with Crippen LogP contribution in [0.3, 0.4) is 0 Å². The number of carbonyl (C=O) groups excluding carboxylic acids is 1. The van der Waals surface area contributed by atoms with Gasteiger partial charge in [-0.2, -0.15) is 0 Å². The predicted octanol–water partition coefficient (Wildman–Crippen LogP) is 2.37.